The van der Waals surface area contributed by atoms with E-state index in [1.807, 2.05) is 0 Å². The molecule has 0 aliphatic carbocycles. The zero-order valence-corrected chi connectivity index (χ0v) is 10.4. The number of urea groups is 1. The summed E-state index contributed by atoms with van der Waals surface area (Å²) in [7, 11) is 0. The number of halogens is 2. The summed E-state index contributed by atoms with van der Waals surface area (Å²) < 4.78 is 26.0. The lowest BCUT2D eigenvalue weighted by molar-refractivity contribution is 0.251. The molecule has 0 heterocycles. The summed E-state index contributed by atoms with van der Waals surface area (Å²) in [6, 6.07) is 8.62. The zero-order valence-electron chi connectivity index (χ0n) is 10.4. The Hall–Kier alpha value is -2.63. The first-order chi connectivity index (χ1) is 9.54. The predicted octanol–water partition coefficient (Wildman–Crippen LogP) is 2.99. The van der Waals surface area contributed by atoms with E-state index < -0.39 is 17.7 Å². The molecule has 0 aliphatic rings. The molecule has 0 aliphatic heterocycles. The largest absolute Gasteiger partial charge is 0.508 e. The number of hydrogen-bond donors (Lipinski definition) is 3. The second kappa shape index (κ2) is 6.01. The molecular weight excluding hydrogens is 266 g/mol. The first-order valence-corrected chi connectivity index (χ1v) is 5.82. The molecule has 6 heteroatoms. The lowest BCUT2D eigenvalue weighted by Crippen LogP contribution is -2.28. The number of carbonyl (C=O) groups excluding carboxylic acids is 1. The van der Waals surface area contributed by atoms with Crippen molar-refractivity contribution in [2.24, 2.45) is 0 Å². The van der Waals surface area contributed by atoms with Crippen LogP contribution >= 0.6 is 0 Å². The van der Waals surface area contributed by atoms with E-state index in [4.69, 9.17) is 0 Å². The third kappa shape index (κ3) is 3.68. The Kier molecular flexibility index (Phi) is 4.14. The van der Waals surface area contributed by atoms with Crippen LogP contribution in [0.15, 0.2) is 42.5 Å². The molecule has 0 unspecified atom stereocenters. The lowest BCUT2D eigenvalue weighted by Gasteiger charge is -2.08. The number of phenols is 1. The summed E-state index contributed by atoms with van der Waals surface area (Å²) in [5, 5.41) is 14.0. The van der Waals surface area contributed by atoms with Gasteiger partial charge in [0.05, 0.1) is 5.69 Å². The molecule has 4 nitrogen and oxygen atoms in total. The van der Waals surface area contributed by atoms with Gasteiger partial charge in [0.2, 0.25) is 0 Å². The van der Waals surface area contributed by atoms with Gasteiger partial charge in [-0.2, -0.15) is 0 Å². The van der Waals surface area contributed by atoms with E-state index in [0.29, 0.717) is 11.6 Å². The van der Waals surface area contributed by atoms with Crippen molar-refractivity contribution in [1.82, 2.24) is 5.32 Å². The quantitative estimate of drug-likeness (QED) is 0.808. The van der Waals surface area contributed by atoms with Gasteiger partial charge in [-0.05, 0) is 29.8 Å². The van der Waals surface area contributed by atoms with Crippen molar-refractivity contribution < 1.29 is 18.7 Å². The summed E-state index contributed by atoms with van der Waals surface area (Å²) in [5.41, 5.74) is 0.583. The van der Waals surface area contributed by atoms with Crippen LogP contribution in [0, 0.1) is 11.6 Å². The fraction of sp³-hybridized carbons (Fsp3) is 0.0714. The molecule has 104 valence electrons. The summed E-state index contributed by atoms with van der Waals surface area (Å²) >= 11 is 0. The lowest BCUT2D eigenvalue weighted by atomic mass is 10.2. The Balaban J connectivity index is 1.92. The molecule has 0 saturated carbocycles. The number of benzene rings is 2. The molecule has 2 aromatic carbocycles. The Bertz CT molecular complexity index is 632. The number of anilines is 1. The SMILES string of the molecule is O=C(NCc1cccc(O)c1)Nc1ccc(F)cc1F. The standard InChI is InChI=1S/C14H12F2N2O2/c15-10-4-5-13(12(16)7-10)18-14(20)17-8-9-2-1-3-11(19)6-9/h1-7,19H,8H2,(H2,17,18,20). The number of phenolic OH excluding ortho intramolecular Hbond substituents is 1. The molecule has 0 spiro atoms. The number of carbonyl (C=O) groups is 1. The summed E-state index contributed by atoms with van der Waals surface area (Å²) in [6.45, 7) is 0.170. The number of rotatable bonds is 3. The highest BCUT2D eigenvalue weighted by atomic mass is 19.1. The topological polar surface area (TPSA) is 61.4 Å². The van der Waals surface area contributed by atoms with Gasteiger partial charge in [-0.1, -0.05) is 12.1 Å². The van der Waals surface area contributed by atoms with Crippen molar-refractivity contribution in [3.63, 3.8) is 0 Å². The molecular formula is C14H12F2N2O2. The Morgan fingerprint density at radius 2 is 1.95 bits per heavy atom. The second-order valence-corrected chi connectivity index (χ2v) is 4.10. The van der Waals surface area contributed by atoms with Crippen molar-refractivity contribution in [3.8, 4) is 5.75 Å². The predicted molar refractivity (Wildman–Crippen MR) is 70.3 cm³/mol. The van der Waals surface area contributed by atoms with E-state index in [2.05, 4.69) is 10.6 Å². The first-order valence-electron chi connectivity index (χ1n) is 5.82. The maximum Gasteiger partial charge on any atom is 0.319 e. The van der Waals surface area contributed by atoms with Crippen LogP contribution in [0.4, 0.5) is 19.3 Å². The molecule has 3 N–H and O–H groups in total. The normalized spacial score (nSPS) is 10.1. The smallest absolute Gasteiger partial charge is 0.319 e. The average molecular weight is 278 g/mol. The number of amides is 2. The number of hydrogen-bond acceptors (Lipinski definition) is 2. The van der Waals surface area contributed by atoms with Gasteiger partial charge in [0.1, 0.15) is 17.4 Å². The molecule has 0 atom stereocenters. The minimum Gasteiger partial charge on any atom is -0.508 e. The molecule has 2 amide bonds. The van der Waals surface area contributed by atoms with Crippen LogP contribution in [0.25, 0.3) is 0 Å². The minimum atomic E-state index is -0.850. The van der Waals surface area contributed by atoms with E-state index in [-0.39, 0.29) is 18.0 Å². The van der Waals surface area contributed by atoms with Gasteiger partial charge in [-0.15, -0.1) is 0 Å². The third-order valence-electron chi connectivity index (χ3n) is 2.54. The average Bonchev–Trinajstić information content (AvgIpc) is 2.40. The summed E-state index contributed by atoms with van der Waals surface area (Å²) in [4.78, 5) is 11.6. The highest BCUT2D eigenvalue weighted by Gasteiger charge is 2.07. The summed E-state index contributed by atoms with van der Waals surface area (Å²) in [6.07, 6.45) is 0. The molecule has 2 rings (SSSR count). The van der Waals surface area contributed by atoms with Crippen molar-refractivity contribution in [1.29, 1.82) is 0 Å². The Labute approximate surface area is 114 Å². The van der Waals surface area contributed by atoms with Crippen molar-refractivity contribution in [2.45, 2.75) is 6.54 Å². The Morgan fingerprint density at radius 3 is 2.65 bits per heavy atom. The maximum absolute atomic E-state index is 13.3. The monoisotopic (exact) mass is 278 g/mol. The fourth-order valence-electron chi connectivity index (χ4n) is 1.61. The molecule has 20 heavy (non-hydrogen) atoms. The van der Waals surface area contributed by atoms with Crippen LogP contribution in [0.5, 0.6) is 5.75 Å². The van der Waals surface area contributed by atoms with E-state index in [1.54, 1.807) is 12.1 Å². The molecule has 0 saturated heterocycles. The minimum absolute atomic E-state index is 0.0919. The van der Waals surface area contributed by atoms with Crippen molar-refractivity contribution in [2.75, 3.05) is 5.32 Å². The maximum atomic E-state index is 13.3. The third-order valence-corrected chi connectivity index (χ3v) is 2.54. The molecule has 0 fully saturated rings. The van der Waals surface area contributed by atoms with Gasteiger partial charge < -0.3 is 15.7 Å². The van der Waals surface area contributed by atoms with Crippen LogP contribution in [-0.4, -0.2) is 11.1 Å². The fourth-order valence-corrected chi connectivity index (χ4v) is 1.61. The van der Waals surface area contributed by atoms with Crippen molar-refractivity contribution in [3.05, 3.63) is 59.7 Å². The van der Waals surface area contributed by atoms with Crippen LogP contribution in [-0.2, 0) is 6.54 Å². The molecule has 2 aromatic rings. The molecule has 0 bridgehead atoms. The van der Waals surface area contributed by atoms with Crippen LogP contribution in [0.1, 0.15) is 5.56 Å². The van der Waals surface area contributed by atoms with Gasteiger partial charge in [0, 0.05) is 12.6 Å². The van der Waals surface area contributed by atoms with Crippen molar-refractivity contribution >= 4 is 11.7 Å². The highest BCUT2D eigenvalue weighted by Crippen LogP contribution is 2.15. The van der Waals surface area contributed by atoms with Gasteiger partial charge in [0.25, 0.3) is 0 Å². The zero-order chi connectivity index (χ0) is 14.5. The van der Waals surface area contributed by atoms with E-state index in [9.17, 15) is 18.7 Å². The van der Waals surface area contributed by atoms with E-state index in [0.717, 1.165) is 12.1 Å². The van der Waals surface area contributed by atoms with Crippen LogP contribution in [0.2, 0.25) is 0 Å². The second-order valence-electron chi connectivity index (χ2n) is 4.10. The first kappa shape index (κ1) is 13.8. The number of aromatic hydroxyl groups is 1. The summed E-state index contributed by atoms with van der Waals surface area (Å²) in [5.74, 6) is -1.47. The highest BCUT2D eigenvalue weighted by molar-refractivity contribution is 5.89. The van der Waals surface area contributed by atoms with Gasteiger partial charge in [-0.25, -0.2) is 13.6 Å². The molecule has 0 aromatic heterocycles. The Morgan fingerprint density at radius 1 is 1.15 bits per heavy atom. The van der Waals surface area contributed by atoms with Gasteiger partial charge >= 0.3 is 6.03 Å². The van der Waals surface area contributed by atoms with E-state index in [1.165, 1.54) is 12.1 Å². The van der Waals surface area contributed by atoms with Gasteiger partial charge in [-0.3, -0.25) is 0 Å². The van der Waals surface area contributed by atoms with E-state index >= 15 is 0 Å². The van der Waals surface area contributed by atoms with Crippen LogP contribution in [0.3, 0.4) is 0 Å². The van der Waals surface area contributed by atoms with Gasteiger partial charge in [0.15, 0.2) is 0 Å². The van der Waals surface area contributed by atoms with Crippen LogP contribution < -0.4 is 10.6 Å². The number of nitrogens with one attached hydrogen (secondary N) is 2. The molecule has 0 radical (unpaired) electrons.